The second-order valence-corrected chi connectivity index (χ2v) is 14.5. The van der Waals surface area contributed by atoms with Crippen molar-refractivity contribution in [3.8, 4) is 43.4 Å². The Morgan fingerprint density at radius 1 is 0.385 bits per heavy atom. The van der Waals surface area contributed by atoms with Crippen LogP contribution in [0.15, 0.2) is 133 Å². The summed E-state index contributed by atoms with van der Waals surface area (Å²) in [6.07, 6.45) is -8.84. The second kappa shape index (κ2) is 12.0. The zero-order valence-corrected chi connectivity index (χ0v) is 28.3. The maximum absolute atomic E-state index is 13.3. The molecule has 7 aromatic carbocycles. The quantitative estimate of drug-likeness (QED) is 0.133. The van der Waals surface area contributed by atoms with Crippen molar-refractivity contribution in [2.24, 2.45) is 0 Å². The SMILES string of the molecule is FC(F)(F)c1ccc2nc(-c3ccc(-c4c5ccccc5c(-c5ccc(-c6nc7ccc(C(F)(F)F)cc7s6)cc5)c5ccccc45)cc3)sc2c1. The number of nitrogens with zero attached hydrogens (tertiary/aromatic N) is 2. The smallest absolute Gasteiger partial charge is 0.236 e. The molecule has 0 aliphatic rings. The summed E-state index contributed by atoms with van der Waals surface area (Å²) >= 11 is 2.47. The third-order valence-electron chi connectivity index (χ3n) is 9.20. The summed E-state index contributed by atoms with van der Waals surface area (Å²) in [7, 11) is 0. The molecular weight excluding hydrogens is 711 g/mol. The van der Waals surface area contributed by atoms with Gasteiger partial charge in [-0.05, 0) is 80.2 Å². The van der Waals surface area contributed by atoms with E-state index in [1.807, 2.05) is 72.8 Å². The van der Waals surface area contributed by atoms with Gasteiger partial charge in [0.2, 0.25) is 0 Å². The summed E-state index contributed by atoms with van der Waals surface area (Å²) in [5, 5.41) is 5.51. The van der Waals surface area contributed by atoms with E-state index in [2.05, 4.69) is 34.2 Å². The topological polar surface area (TPSA) is 25.8 Å². The van der Waals surface area contributed by atoms with Crippen LogP contribution in [0.5, 0.6) is 0 Å². The lowest BCUT2D eigenvalue weighted by Gasteiger charge is -2.18. The molecule has 0 spiro atoms. The fourth-order valence-corrected chi connectivity index (χ4v) is 8.78. The zero-order valence-electron chi connectivity index (χ0n) is 26.7. The van der Waals surface area contributed by atoms with Crippen molar-refractivity contribution in [3.63, 3.8) is 0 Å². The minimum absolute atomic E-state index is 0.481. The third-order valence-corrected chi connectivity index (χ3v) is 11.3. The van der Waals surface area contributed by atoms with Gasteiger partial charge in [0, 0.05) is 11.1 Å². The highest BCUT2D eigenvalue weighted by atomic mass is 32.1. The minimum atomic E-state index is -4.42. The van der Waals surface area contributed by atoms with Gasteiger partial charge in [0.1, 0.15) is 10.0 Å². The van der Waals surface area contributed by atoms with Gasteiger partial charge in [0.15, 0.2) is 0 Å². The maximum atomic E-state index is 13.3. The van der Waals surface area contributed by atoms with Gasteiger partial charge in [0.05, 0.1) is 31.6 Å². The fraction of sp³-hybridized carbons (Fsp3) is 0.0476. The normalized spacial score (nSPS) is 12.4. The summed E-state index contributed by atoms with van der Waals surface area (Å²) in [4.78, 5) is 9.22. The number of alkyl halides is 6. The number of halogens is 6. The van der Waals surface area contributed by atoms with E-state index in [1.165, 1.54) is 34.8 Å². The summed E-state index contributed by atoms with van der Waals surface area (Å²) in [5.41, 5.74) is 5.40. The molecule has 0 aliphatic carbocycles. The number of rotatable bonds is 4. The predicted molar refractivity (Wildman–Crippen MR) is 200 cm³/mol. The van der Waals surface area contributed by atoms with E-state index in [1.54, 1.807) is 0 Å². The van der Waals surface area contributed by atoms with Crippen molar-refractivity contribution in [3.05, 3.63) is 145 Å². The van der Waals surface area contributed by atoms with Gasteiger partial charge in [-0.1, -0.05) is 97.1 Å². The average molecular weight is 733 g/mol. The van der Waals surface area contributed by atoms with Crippen LogP contribution in [0, 0.1) is 0 Å². The molecule has 0 aliphatic heterocycles. The molecule has 0 fully saturated rings. The summed E-state index contributed by atoms with van der Waals surface area (Å²) in [6, 6.07) is 39.6. The largest absolute Gasteiger partial charge is 0.416 e. The van der Waals surface area contributed by atoms with Crippen LogP contribution in [0.4, 0.5) is 26.3 Å². The van der Waals surface area contributed by atoms with Gasteiger partial charge >= 0.3 is 12.4 Å². The molecule has 9 aromatic rings. The molecule has 0 unspecified atom stereocenters. The van der Waals surface area contributed by atoms with E-state index in [0.717, 1.165) is 79.2 Å². The van der Waals surface area contributed by atoms with Gasteiger partial charge in [-0.3, -0.25) is 0 Å². The highest BCUT2D eigenvalue weighted by molar-refractivity contribution is 7.22. The van der Waals surface area contributed by atoms with Crippen LogP contribution in [0.1, 0.15) is 11.1 Å². The first-order chi connectivity index (χ1) is 25.0. The molecule has 0 saturated carbocycles. The van der Waals surface area contributed by atoms with E-state index >= 15 is 0 Å². The Balaban J connectivity index is 1.11. The Hall–Kier alpha value is -5.58. The summed E-state index contributed by atoms with van der Waals surface area (Å²) < 4.78 is 80.8. The monoisotopic (exact) mass is 732 g/mol. The van der Waals surface area contributed by atoms with Crippen LogP contribution in [0.3, 0.4) is 0 Å². The van der Waals surface area contributed by atoms with Crippen LogP contribution >= 0.6 is 22.7 Å². The first kappa shape index (κ1) is 32.3. The lowest BCUT2D eigenvalue weighted by Crippen LogP contribution is -2.03. The van der Waals surface area contributed by atoms with Gasteiger partial charge in [-0.2, -0.15) is 26.3 Å². The molecule has 2 nitrogen and oxygen atoms in total. The number of hydrogen-bond donors (Lipinski definition) is 0. The molecular formula is C42H22F6N2S2. The molecule has 2 heterocycles. The number of thiazole rings is 2. The molecule has 0 N–H and O–H groups in total. The lowest BCUT2D eigenvalue weighted by molar-refractivity contribution is -0.138. The van der Waals surface area contributed by atoms with Crippen LogP contribution < -0.4 is 0 Å². The second-order valence-electron chi connectivity index (χ2n) is 12.4. The Kier molecular flexibility index (Phi) is 7.46. The average Bonchev–Trinajstić information content (AvgIpc) is 3.77. The van der Waals surface area contributed by atoms with Crippen molar-refractivity contribution >= 4 is 64.7 Å². The van der Waals surface area contributed by atoms with Crippen LogP contribution in [0.25, 0.3) is 85.4 Å². The van der Waals surface area contributed by atoms with Crippen molar-refractivity contribution in [1.82, 2.24) is 9.97 Å². The number of aromatic nitrogens is 2. The highest BCUT2D eigenvalue weighted by Gasteiger charge is 2.32. The first-order valence-electron chi connectivity index (χ1n) is 16.1. The number of benzene rings is 7. The van der Waals surface area contributed by atoms with Crippen molar-refractivity contribution < 1.29 is 26.3 Å². The molecule has 52 heavy (non-hydrogen) atoms. The maximum Gasteiger partial charge on any atom is 0.416 e. The van der Waals surface area contributed by atoms with Crippen LogP contribution in [0.2, 0.25) is 0 Å². The standard InChI is InChI=1S/C42H22F6N2S2/c43-41(44,45)27-17-19-33-35(21-27)51-39(49-33)25-13-9-23(10-14-25)37-29-5-1-2-6-30(29)38(32-8-4-3-7-31(32)37)24-11-15-26(16-12-24)40-50-34-20-18-28(42(46,47)48)22-36(34)52-40/h1-22H. The molecule has 2 aromatic heterocycles. The van der Waals surface area contributed by atoms with Crippen molar-refractivity contribution in [1.29, 1.82) is 0 Å². The predicted octanol–water partition coefficient (Wildman–Crippen LogP) is 13.9. The van der Waals surface area contributed by atoms with Gasteiger partial charge in [-0.25, -0.2) is 9.97 Å². The zero-order chi connectivity index (χ0) is 35.8. The number of hydrogen-bond acceptors (Lipinski definition) is 4. The third kappa shape index (κ3) is 5.59. The summed E-state index contributed by atoms with van der Waals surface area (Å²) in [5.74, 6) is 0. The number of fused-ring (bicyclic) bond motifs is 4. The van der Waals surface area contributed by atoms with Crippen molar-refractivity contribution in [2.45, 2.75) is 12.4 Å². The molecule has 9 rings (SSSR count). The summed E-state index contributed by atoms with van der Waals surface area (Å²) in [6.45, 7) is 0. The Morgan fingerprint density at radius 3 is 1.04 bits per heavy atom. The van der Waals surface area contributed by atoms with Gasteiger partial charge in [-0.15, -0.1) is 22.7 Å². The molecule has 0 radical (unpaired) electrons. The molecule has 0 saturated heterocycles. The first-order valence-corrected chi connectivity index (χ1v) is 17.8. The highest BCUT2D eigenvalue weighted by Crippen LogP contribution is 2.45. The Morgan fingerprint density at radius 2 is 0.712 bits per heavy atom. The van der Waals surface area contributed by atoms with Crippen molar-refractivity contribution in [2.75, 3.05) is 0 Å². The Labute approximate surface area is 300 Å². The molecule has 0 bridgehead atoms. The van der Waals surface area contributed by atoms with E-state index in [9.17, 15) is 26.3 Å². The van der Waals surface area contributed by atoms with E-state index < -0.39 is 23.5 Å². The van der Waals surface area contributed by atoms with Crippen LogP contribution in [-0.4, -0.2) is 9.97 Å². The van der Waals surface area contributed by atoms with E-state index in [0.29, 0.717) is 30.4 Å². The van der Waals surface area contributed by atoms with E-state index in [-0.39, 0.29) is 0 Å². The molecule has 10 heteroatoms. The fourth-order valence-electron chi connectivity index (χ4n) is 6.76. The Bertz CT molecular complexity index is 2560. The van der Waals surface area contributed by atoms with Gasteiger partial charge in [0.25, 0.3) is 0 Å². The molecule has 254 valence electrons. The van der Waals surface area contributed by atoms with Crippen LogP contribution in [-0.2, 0) is 12.4 Å². The minimum Gasteiger partial charge on any atom is -0.236 e. The molecule has 0 amide bonds. The van der Waals surface area contributed by atoms with Gasteiger partial charge < -0.3 is 0 Å². The van der Waals surface area contributed by atoms with E-state index in [4.69, 9.17) is 0 Å². The molecule has 0 atom stereocenters. The lowest BCUT2D eigenvalue weighted by atomic mass is 9.86.